The molecule has 7 nitrogen and oxygen atoms in total. The number of amides is 2. The largest absolute Gasteiger partial charge is 0.272 e. The molecule has 1 aromatic carbocycles. The summed E-state index contributed by atoms with van der Waals surface area (Å²) in [7, 11) is 0. The van der Waals surface area contributed by atoms with Crippen molar-refractivity contribution < 1.29 is 14.5 Å². The second-order valence-corrected chi connectivity index (χ2v) is 7.69. The first-order chi connectivity index (χ1) is 12.5. The summed E-state index contributed by atoms with van der Waals surface area (Å²) in [4.78, 5) is 36.2. The van der Waals surface area contributed by atoms with Gasteiger partial charge < -0.3 is 0 Å². The van der Waals surface area contributed by atoms with Crippen LogP contribution in [0, 0.1) is 52.5 Å². The standard InChI is InChI=1S/C19H17N3O4/c1-9-2-3-10(6-15(9)22(25)26)8-20-21-18(23)16-11-4-5-12(14-7-13(11)14)17(16)19(21)24/h2-6,8,11-14,16-17H,7H2,1H3/b20-8-/t11-,12-,13-,14+,16-,17-/m1/s1. The highest BCUT2D eigenvalue weighted by Crippen LogP contribution is 2.65. The lowest BCUT2D eigenvalue weighted by Crippen LogP contribution is -2.40. The predicted octanol–water partition coefficient (Wildman–Crippen LogP) is 2.29. The molecule has 0 spiro atoms. The lowest BCUT2D eigenvalue weighted by atomic mass is 9.63. The van der Waals surface area contributed by atoms with Gasteiger partial charge in [-0.15, -0.1) is 0 Å². The molecule has 132 valence electrons. The minimum atomic E-state index is -0.455. The highest BCUT2D eigenvalue weighted by molar-refractivity contribution is 6.06. The molecule has 7 heteroatoms. The molecule has 0 N–H and O–H groups in total. The SMILES string of the molecule is Cc1ccc(/C=N\N2C(=O)[C@@H]3[C@@H]4C=C[C@H]([C@@H]5C[C@H]45)[C@H]3C2=O)cc1[N+](=O)[O-]. The van der Waals surface area contributed by atoms with Gasteiger partial charge in [0, 0.05) is 17.2 Å². The van der Waals surface area contributed by atoms with Crippen molar-refractivity contribution in [3.8, 4) is 0 Å². The molecule has 1 saturated heterocycles. The Morgan fingerprint density at radius 3 is 2.35 bits per heavy atom. The van der Waals surface area contributed by atoms with Crippen LogP contribution in [0.15, 0.2) is 35.5 Å². The third kappa shape index (κ3) is 1.97. The van der Waals surface area contributed by atoms with Crippen LogP contribution in [0.1, 0.15) is 17.5 Å². The van der Waals surface area contributed by atoms with Crippen molar-refractivity contribution in [3.63, 3.8) is 0 Å². The van der Waals surface area contributed by atoms with E-state index in [1.165, 1.54) is 12.3 Å². The number of benzene rings is 1. The van der Waals surface area contributed by atoms with Gasteiger partial charge in [0.05, 0.1) is 23.0 Å². The molecule has 6 atom stereocenters. The quantitative estimate of drug-likeness (QED) is 0.275. The zero-order valence-electron chi connectivity index (χ0n) is 14.1. The second-order valence-electron chi connectivity index (χ2n) is 7.69. The van der Waals surface area contributed by atoms with Gasteiger partial charge in [0.25, 0.3) is 17.5 Å². The molecule has 3 fully saturated rings. The molecule has 5 aliphatic rings. The third-order valence-corrected chi connectivity index (χ3v) is 6.39. The van der Waals surface area contributed by atoms with Crippen LogP contribution in [-0.2, 0) is 9.59 Å². The summed E-state index contributed by atoms with van der Waals surface area (Å²) in [5.41, 5.74) is 1.03. The number of rotatable bonds is 3. The van der Waals surface area contributed by atoms with Crippen LogP contribution in [-0.4, -0.2) is 28.0 Å². The topological polar surface area (TPSA) is 92.9 Å². The molecule has 1 aliphatic heterocycles. The van der Waals surface area contributed by atoms with Gasteiger partial charge in [0.15, 0.2) is 0 Å². The molecule has 26 heavy (non-hydrogen) atoms. The van der Waals surface area contributed by atoms with E-state index < -0.39 is 4.92 Å². The number of nitro groups is 1. The molecule has 0 aromatic heterocycles. The highest BCUT2D eigenvalue weighted by Gasteiger charge is 2.67. The maximum atomic E-state index is 12.8. The van der Waals surface area contributed by atoms with Gasteiger partial charge in [-0.05, 0) is 37.0 Å². The Hall–Kier alpha value is -2.83. The Morgan fingerprint density at radius 1 is 1.15 bits per heavy atom. The average molecular weight is 351 g/mol. The monoisotopic (exact) mass is 351 g/mol. The van der Waals surface area contributed by atoms with Crippen LogP contribution in [0.5, 0.6) is 0 Å². The van der Waals surface area contributed by atoms with Crippen molar-refractivity contribution in [2.45, 2.75) is 13.3 Å². The molecular formula is C19H17N3O4. The average Bonchev–Trinajstić information content (AvgIpc) is 3.40. The summed E-state index contributed by atoms with van der Waals surface area (Å²) in [6.07, 6.45) is 6.70. The fourth-order valence-electron chi connectivity index (χ4n) is 5.08. The summed E-state index contributed by atoms with van der Waals surface area (Å²) >= 11 is 0. The molecule has 1 heterocycles. The first-order valence-electron chi connectivity index (χ1n) is 8.82. The van der Waals surface area contributed by atoms with E-state index in [9.17, 15) is 19.7 Å². The summed E-state index contributed by atoms with van der Waals surface area (Å²) < 4.78 is 0. The summed E-state index contributed by atoms with van der Waals surface area (Å²) in [5.74, 6) is 0.374. The van der Waals surface area contributed by atoms with Crippen molar-refractivity contribution in [1.82, 2.24) is 5.01 Å². The van der Waals surface area contributed by atoms with E-state index >= 15 is 0 Å². The highest BCUT2D eigenvalue weighted by atomic mass is 16.6. The number of carbonyl (C=O) groups is 2. The first kappa shape index (κ1) is 15.4. The van der Waals surface area contributed by atoms with Gasteiger partial charge in [-0.2, -0.15) is 10.1 Å². The fraction of sp³-hybridized carbons (Fsp3) is 0.421. The Morgan fingerprint density at radius 2 is 1.77 bits per heavy atom. The van der Waals surface area contributed by atoms with Gasteiger partial charge in [-0.3, -0.25) is 19.7 Å². The Kier molecular flexibility index (Phi) is 3.02. The van der Waals surface area contributed by atoms with E-state index in [4.69, 9.17) is 0 Å². The molecule has 0 unspecified atom stereocenters. The van der Waals surface area contributed by atoms with Crippen molar-refractivity contribution in [3.05, 3.63) is 51.6 Å². The van der Waals surface area contributed by atoms with E-state index in [1.807, 2.05) is 0 Å². The van der Waals surface area contributed by atoms with Crippen LogP contribution in [0.25, 0.3) is 0 Å². The zero-order chi connectivity index (χ0) is 18.2. The molecule has 2 bridgehead atoms. The van der Waals surface area contributed by atoms with Gasteiger partial charge in [-0.1, -0.05) is 24.3 Å². The number of aryl methyl sites for hydroxylation is 1. The van der Waals surface area contributed by atoms with E-state index in [0.29, 0.717) is 23.0 Å². The number of hydrogen-bond donors (Lipinski definition) is 0. The number of nitro benzene ring substituents is 1. The number of hydrogen-bond acceptors (Lipinski definition) is 5. The number of hydrazone groups is 1. The van der Waals surface area contributed by atoms with Crippen molar-refractivity contribution in [2.75, 3.05) is 0 Å². The number of nitrogens with zero attached hydrogens (tertiary/aromatic N) is 3. The van der Waals surface area contributed by atoms with Crippen molar-refractivity contribution in [2.24, 2.45) is 40.6 Å². The van der Waals surface area contributed by atoms with Crippen LogP contribution in [0.2, 0.25) is 0 Å². The van der Waals surface area contributed by atoms with Crippen LogP contribution < -0.4 is 0 Å². The Balaban J connectivity index is 1.43. The van der Waals surface area contributed by atoms with E-state index in [0.717, 1.165) is 11.4 Å². The maximum absolute atomic E-state index is 12.8. The summed E-state index contributed by atoms with van der Waals surface area (Å²) in [6, 6.07) is 4.71. The first-order valence-corrected chi connectivity index (χ1v) is 8.82. The van der Waals surface area contributed by atoms with Crippen LogP contribution in [0.4, 0.5) is 5.69 Å². The minimum absolute atomic E-state index is 0.0102. The van der Waals surface area contributed by atoms with E-state index in [1.54, 1.807) is 19.1 Å². The van der Waals surface area contributed by atoms with Gasteiger partial charge in [0.1, 0.15) is 0 Å². The summed E-state index contributed by atoms with van der Waals surface area (Å²) in [6.45, 7) is 1.66. The summed E-state index contributed by atoms with van der Waals surface area (Å²) in [5, 5.41) is 16.1. The molecular weight excluding hydrogens is 334 g/mol. The fourth-order valence-corrected chi connectivity index (χ4v) is 5.08. The van der Waals surface area contributed by atoms with Crippen molar-refractivity contribution in [1.29, 1.82) is 0 Å². The maximum Gasteiger partial charge on any atom is 0.272 e. The zero-order valence-corrected chi connectivity index (χ0v) is 14.1. The molecule has 2 saturated carbocycles. The predicted molar refractivity (Wildman–Crippen MR) is 92.0 cm³/mol. The molecule has 4 aliphatic carbocycles. The molecule has 6 rings (SSSR count). The van der Waals surface area contributed by atoms with E-state index in [-0.39, 0.29) is 41.2 Å². The number of imide groups is 1. The van der Waals surface area contributed by atoms with Gasteiger partial charge in [-0.25, -0.2) is 0 Å². The van der Waals surface area contributed by atoms with Crippen LogP contribution in [0.3, 0.4) is 0 Å². The molecule has 1 aromatic rings. The number of allylic oxidation sites excluding steroid dienone is 2. The number of carbonyl (C=O) groups excluding carboxylic acids is 2. The lowest BCUT2D eigenvalue weighted by Gasteiger charge is -2.37. The van der Waals surface area contributed by atoms with Crippen molar-refractivity contribution >= 4 is 23.7 Å². The minimum Gasteiger partial charge on any atom is -0.272 e. The molecule has 2 amide bonds. The molecule has 0 radical (unpaired) electrons. The lowest BCUT2D eigenvalue weighted by molar-refractivity contribution is -0.385. The third-order valence-electron chi connectivity index (χ3n) is 6.39. The van der Waals surface area contributed by atoms with Gasteiger partial charge in [0.2, 0.25) is 0 Å². The second kappa shape index (κ2) is 5.09. The van der Waals surface area contributed by atoms with Gasteiger partial charge >= 0.3 is 0 Å². The van der Waals surface area contributed by atoms with Crippen LogP contribution >= 0.6 is 0 Å². The Bertz CT molecular complexity index is 885. The smallest absolute Gasteiger partial charge is 0.272 e. The normalized spacial score (nSPS) is 36.6. The van der Waals surface area contributed by atoms with E-state index in [2.05, 4.69) is 17.3 Å². The Labute approximate surface area is 149 Å².